The zero-order chi connectivity index (χ0) is 11.5. The predicted octanol–water partition coefficient (Wildman–Crippen LogP) is -0.918. The predicted molar refractivity (Wildman–Crippen MR) is 60.1 cm³/mol. The zero-order valence-corrected chi connectivity index (χ0v) is 9.74. The summed E-state index contributed by atoms with van der Waals surface area (Å²) in [5, 5.41) is 3.12. The van der Waals surface area contributed by atoms with Crippen molar-refractivity contribution in [3.63, 3.8) is 0 Å². The van der Waals surface area contributed by atoms with Crippen LogP contribution in [0.5, 0.6) is 0 Å². The Kier molecular flexibility index (Phi) is 3.56. The second kappa shape index (κ2) is 4.93. The van der Waals surface area contributed by atoms with Crippen molar-refractivity contribution in [2.45, 2.75) is 19.4 Å². The lowest BCUT2D eigenvalue weighted by Crippen LogP contribution is -2.54. The molecule has 2 fully saturated rings. The Balaban J connectivity index is 1.72. The molecule has 90 valence electrons. The van der Waals surface area contributed by atoms with Gasteiger partial charge in [0.2, 0.25) is 5.91 Å². The fraction of sp³-hybridized carbons (Fsp3) is 0.818. The molecule has 0 bridgehead atoms. The van der Waals surface area contributed by atoms with E-state index in [2.05, 4.69) is 10.2 Å². The first-order valence-corrected chi connectivity index (χ1v) is 5.91. The Morgan fingerprint density at radius 2 is 1.88 bits per heavy atom. The first kappa shape index (κ1) is 11.5. The number of hydrogen-bond donors (Lipinski definition) is 1. The van der Waals surface area contributed by atoms with Gasteiger partial charge in [-0.15, -0.1) is 0 Å². The van der Waals surface area contributed by atoms with Gasteiger partial charge in [0, 0.05) is 33.1 Å². The largest absolute Gasteiger partial charge is 0.340 e. The molecule has 2 heterocycles. The first-order chi connectivity index (χ1) is 7.66. The van der Waals surface area contributed by atoms with Gasteiger partial charge in [-0.2, -0.15) is 0 Å². The molecule has 2 aliphatic heterocycles. The van der Waals surface area contributed by atoms with Crippen molar-refractivity contribution in [3.05, 3.63) is 0 Å². The van der Waals surface area contributed by atoms with Gasteiger partial charge in [-0.05, 0) is 13.0 Å². The second-order valence-corrected chi connectivity index (χ2v) is 4.54. The molecule has 0 aromatic heterocycles. The number of carbonyl (C=O) groups is 2. The molecule has 0 spiro atoms. The average molecular weight is 225 g/mol. The third-order valence-corrected chi connectivity index (χ3v) is 3.41. The molecule has 1 atom stereocenters. The van der Waals surface area contributed by atoms with E-state index in [-0.39, 0.29) is 11.9 Å². The summed E-state index contributed by atoms with van der Waals surface area (Å²) in [6.45, 7) is 6.23. The molecule has 1 amide bonds. The van der Waals surface area contributed by atoms with Crippen molar-refractivity contribution in [2.75, 3.05) is 39.3 Å². The van der Waals surface area contributed by atoms with Crippen molar-refractivity contribution < 1.29 is 9.59 Å². The minimum atomic E-state index is 0.0887. The molecular weight excluding hydrogens is 206 g/mol. The molecular formula is C11H19N3O2. The third-order valence-electron chi connectivity index (χ3n) is 3.41. The minimum Gasteiger partial charge on any atom is -0.340 e. The van der Waals surface area contributed by atoms with Gasteiger partial charge in [-0.25, -0.2) is 0 Å². The number of piperazine rings is 1. The lowest BCUT2D eigenvalue weighted by Gasteiger charge is -2.35. The Hall–Kier alpha value is -0.940. The molecule has 0 aromatic carbocycles. The van der Waals surface area contributed by atoms with Gasteiger partial charge in [0.05, 0.1) is 12.6 Å². The highest BCUT2D eigenvalue weighted by Crippen LogP contribution is 2.07. The van der Waals surface area contributed by atoms with E-state index >= 15 is 0 Å². The molecule has 16 heavy (non-hydrogen) atoms. The van der Waals surface area contributed by atoms with Crippen molar-refractivity contribution in [2.24, 2.45) is 0 Å². The fourth-order valence-electron chi connectivity index (χ4n) is 2.11. The summed E-state index contributed by atoms with van der Waals surface area (Å²) in [6.07, 6.45) is 0.978. The third kappa shape index (κ3) is 2.59. The number of rotatable bonds is 3. The number of nitrogens with one attached hydrogen (secondary N) is 1. The fourth-order valence-corrected chi connectivity index (χ4v) is 2.11. The molecule has 2 aliphatic rings. The number of carbonyl (C=O) groups excluding carboxylic acids is 2. The molecule has 1 N–H and O–H groups in total. The maximum atomic E-state index is 11.7. The summed E-state index contributed by atoms with van der Waals surface area (Å²) < 4.78 is 0. The molecule has 2 saturated heterocycles. The molecule has 0 radical (unpaired) electrons. The van der Waals surface area contributed by atoms with Crippen LogP contribution in [0.3, 0.4) is 0 Å². The Bertz CT molecular complexity index is 281. The van der Waals surface area contributed by atoms with Crippen LogP contribution in [0.25, 0.3) is 0 Å². The van der Waals surface area contributed by atoms with Crippen LogP contribution in [-0.2, 0) is 9.59 Å². The van der Waals surface area contributed by atoms with Crippen LogP contribution in [0.15, 0.2) is 0 Å². The van der Waals surface area contributed by atoms with Crippen LogP contribution in [-0.4, -0.2) is 66.8 Å². The summed E-state index contributed by atoms with van der Waals surface area (Å²) in [6, 6.07) is 0.0887. The molecule has 0 aliphatic carbocycles. The highest BCUT2D eigenvalue weighted by Gasteiger charge is 2.27. The van der Waals surface area contributed by atoms with Crippen molar-refractivity contribution >= 4 is 11.7 Å². The minimum absolute atomic E-state index is 0.0887. The lowest BCUT2D eigenvalue weighted by atomic mass is 10.0. The summed E-state index contributed by atoms with van der Waals surface area (Å²) >= 11 is 0. The van der Waals surface area contributed by atoms with E-state index in [0.29, 0.717) is 12.3 Å². The molecule has 5 nitrogen and oxygen atoms in total. The number of ketones is 1. The van der Waals surface area contributed by atoms with Crippen LogP contribution in [0, 0.1) is 0 Å². The van der Waals surface area contributed by atoms with Crippen LogP contribution in [0.4, 0.5) is 0 Å². The van der Waals surface area contributed by atoms with Crippen LogP contribution < -0.4 is 5.32 Å². The van der Waals surface area contributed by atoms with Gasteiger partial charge in [-0.3, -0.25) is 14.5 Å². The first-order valence-electron chi connectivity index (χ1n) is 5.91. The van der Waals surface area contributed by atoms with Gasteiger partial charge >= 0.3 is 0 Å². The number of Topliss-reactive ketones (excluding diaryl/α,β-unsaturated/α-hetero) is 1. The van der Waals surface area contributed by atoms with E-state index < -0.39 is 0 Å². The maximum absolute atomic E-state index is 11.7. The Labute approximate surface area is 95.8 Å². The number of nitrogens with zero attached hydrogens (tertiary/aromatic N) is 2. The van der Waals surface area contributed by atoms with Crippen molar-refractivity contribution in [3.8, 4) is 0 Å². The van der Waals surface area contributed by atoms with E-state index in [9.17, 15) is 9.59 Å². The average Bonchev–Trinajstić information content (AvgIpc) is 2.15. The van der Waals surface area contributed by atoms with E-state index in [1.807, 2.05) is 4.90 Å². The summed E-state index contributed by atoms with van der Waals surface area (Å²) in [4.78, 5) is 26.8. The number of amides is 1. The smallest absolute Gasteiger partial charge is 0.219 e. The SMILES string of the molecule is CC(=O)N1CCN(CC(=O)C2CCN2)CC1. The van der Waals surface area contributed by atoms with E-state index in [1.54, 1.807) is 6.92 Å². The van der Waals surface area contributed by atoms with Gasteiger partial charge in [0.15, 0.2) is 5.78 Å². The molecule has 5 heteroatoms. The van der Waals surface area contributed by atoms with E-state index in [0.717, 1.165) is 39.1 Å². The molecule has 2 rings (SSSR count). The summed E-state index contributed by atoms with van der Waals surface area (Å²) in [5.41, 5.74) is 0. The van der Waals surface area contributed by atoms with Gasteiger partial charge in [-0.1, -0.05) is 0 Å². The molecule has 0 aromatic rings. The van der Waals surface area contributed by atoms with E-state index in [4.69, 9.17) is 0 Å². The standard InChI is InChI=1S/C11H19N3O2/c1-9(15)14-6-4-13(5-7-14)8-11(16)10-2-3-12-10/h10,12H,2-8H2,1H3. The monoisotopic (exact) mass is 225 g/mol. The van der Waals surface area contributed by atoms with Crippen molar-refractivity contribution in [1.82, 2.24) is 15.1 Å². The lowest BCUT2D eigenvalue weighted by molar-refractivity contribution is -0.131. The van der Waals surface area contributed by atoms with Gasteiger partial charge in [0.1, 0.15) is 0 Å². The second-order valence-electron chi connectivity index (χ2n) is 4.54. The van der Waals surface area contributed by atoms with Crippen molar-refractivity contribution in [1.29, 1.82) is 0 Å². The van der Waals surface area contributed by atoms with Crippen LogP contribution in [0.1, 0.15) is 13.3 Å². The normalized spacial score (nSPS) is 26.3. The molecule has 1 unspecified atom stereocenters. The highest BCUT2D eigenvalue weighted by molar-refractivity contribution is 5.86. The van der Waals surface area contributed by atoms with Crippen LogP contribution >= 0.6 is 0 Å². The number of hydrogen-bond acceptors (Lipinski definition) is 4. The molecule has 0 saturated carbocycles. The summed E-state index contributed by atoms with van der Waals surface area (Å²) in [7, 11) is 0. The van der Waals surface area contributed by atoms with E-state index in [1.165, 1.54) is 0 Å². The zero-order valence-electron chi connectivity index (χ0n) is 9.74. The van der Waals surface area contributed by atoms with Crippen LogP contribution in [0.2, 0.25) is 0 Å². The summed E-state index contributed by atoms with van der Waals surface area (Å²) in [5.74, 6) is 0.425. The van der Waals surface area contributed by atoms with Gasteiger partial charge < -0.3 is 10.2 Å². The highest BCUT2D eigenvalue weighted by atomic mass is 16.2. The maximum Gasteiger partial charge on any atom is 0.219 e. The quantitative estimate of drug-likeness (QED) is 0.675. The Morgan fingerprint density at radius 3 is 2.31 bits per heavy atom. The Morgan fingerprint density at radius 1 is 1.25 bits per heavy atom. The van der Waals surface area contributed by atoms with Gasteiger partial charge in [0.25, 0.3) is 0 Å². The topological polar surface area (TPSA) is 52.7 Å².